The molecule has 1 atom stereocenters. The SMILES string of the molecule is CNC(c1ccn(CCCC(F)(F)F)c1)C(C)C. The van der Waals surface area contributed by atoms with Gasteiger partial charge in [-0.3, -0.25) is 0 Å². The van der Waals surface area contributed by atoms with Crippen molar-refractivity contribution in [1.82, 2.24) is 9.88 Å². The molecule has 1 aromatic rings. The van der Waals surface area contributed by atoms with Gasteiger partial charge in [0.1, 0.15) is 0 Å². The van der Waals surface area contributed by atoms with Gasteiger partial charge >= 0.3 is 6.18 Å². The lowest BCUT2D eigenvalue weighted by atomic mass is 9.99. The number of nitrogens with zero attached hydrogens (tertiary/aromatic N) is 1. The van der Waals surface area contributed by atoms with Crippen molar-refractivity contribution in [3.63, 3.8) is 0 Å². The second kappa shape index (κ2) is 6.27. The predicted octanol–water partition coefficient (Wildman–Crippen LogP) is 3.75. The highest BCUT2D eigenvalue weighted by atomic mass is 19.4. The van der Waals surface area contributed by atoms with Gasteiger partial charge in [-0.2, -0.15) is 13.2 Å². The topological polar surface area (TPSA) is 17.0 Å². The zero-order valence-electron chi connectivity index (χ0n) is 11.1. The van der Waals surface area contributed by atoms with Crippen molar-refractivity contribution in [3.8, 4) is 0 Å². The molecule has 0 saturated carbocycles. The molecule has 1 N–H and O–H groups in total. The van der Waals surface area contributed by atoms with Crippen LogP contribution in [0.25, 0.3) is 0 Å². The minimum Gasteiger partial charge on any atom is -0.354 e. The Morgan fingerprint density at radius 2 is 2.00 bits per heavy atom. The molecule has 104 valence electrons. The van der Waals surface area contributed by atoms with E-state index in [1.54, 1.807) is 0 Å². The number of hydrogen-bond acceptors (Lipinski definition) is 1. The minimum absolute atomic E-state index is 0.128. The summed E-state index contributed by atoms with van der Waals surface area (Å²) < 4.78 is 37.9. The second-order valence-electron chi connectivity index (χ2n) is 4.91. The maximum atomic E-state index is 12.0. The number of alkyl halides is 3. The van der Waals surface area contributed by atoms with Crippen LogP contribution in [0.4, 0.5) is 13.2 Å². The first-order chi connectivity index (χ1) is 8.33. The molecule has 0 aromatic carbocycles. The third-order valence-corrected chi connectivity index (χ3v) is 2.99. The molecule has 0 spiro atoms. The number of aryl methyl sites for hydroxylation is 1. The van der Waals surface area contributed by atoms with Crippen LogP contribution in [0.15, 0.2) is 18.5 Å². The normalized spacial score (nSPS) is 14.2. The van der Waals surface area contributed by atoms with E-state index in [2.05, 4.69) is 19.2 Å². The summed E-state index contributed by atoms with van der Waals surface area (Å²) in [7, 11) is 1.89. The third kappa shape index (κ3) is 4.72. The average Bonchev–Trinajstić information content (AvgIpc) is 2.65. The van der Waals surface area contributed by atoms with Gasteiger partial charge in [-0.05, 0) is 31.0 Å². The summed E-state index contributed by atoms with van der Waals surface area (Å²) in [6.45, 7) is 4.64. The maximum absolute atomic E-state index is 12.0. The van der Waals surface area contributed by atoms with Gasteiger partial charge in [-0.25, -0.2) is 0 Å². The van der Waals surface area contributed by atoms with Gasteiger partial charge in [0.2, 0.25) is 0 Å². The highest BCUT2D eigenvalue weighted by molar-refractivity contribution is 5.16. The van der Waals surface area contributed by atoms with Crippen molar-refractivity contribution in [2.45, 2.75) is 45.5 Å². The minimum atomic E-state index is -4.05. The molecule has 0 aliphatic heterocycles. The van der Waals surface area contributed by atoms with Crippen LogP contribution in [-0.2, 0) is 6.54 Å². The first-order valence-electron chi connectivity index (χ1n) is 6.23. The summed E-state index contributed by atoms with van der Waals surface area (Å²) in [5.41, 5.74) is 1.12. The Balaban J connectivity index is 2.53. The van der Waals surface area contributed by atoms with E-state index in [1.165, 1.54) is 0 Å². The first kappa shape index (κ1) is 15.1. The molecular formula is C13H21F3N2. The van der Waals surface area contributed by atoms with Crippen LogP contribution in [0, 0.1) is 5.92 Å². The average molecular weight is 262 g/mol. The molecule has 5 heteroatoms. The van der Waals surface area contributed by atoms with Crippen LogP contribution >= 0.6 is 0 Å². The van der Waals surface area contributed by atoms with Crippen LogP contribution in [-0.4, -0.2) is 17.8 Å². The molecule has 18 heavy (non-hydrogen) atoms. The maximum Gasteiger partial charge on any atom is 0.389 e. The van der Waals surface area contributed by atoms with E-state index in [-0.39, 0.29) is 12.5 Å². The lowest BCUT2D eigenvalue weighted by molar-refractivity contribution is -0.135. The van der Waals surface area contributed by atoms with Gasteiger partial charge in [0, 0.05) is 31.4 Å². The van der Waals surface area contributed by atoms with Crippen molar-refractivity contribution < 1.29 is 13.2 Å². The Morgan fingerprint density at radius 1 is 1.33 bits per heavy atom. The molecular weight excluding hydrogens is 241 g/mol. The molecule has 0 radical (unpaired) electrons. The number of aromatic nitrogens is 1. The molecule has 0 amide bonds. The quantitative estimate of drug-likeness (QED) is 0.826. The molecule has 1 rings (SSSR count). The van der Waals surface area contributed by atoms with Crippen molar-refractivity contribution in [3.05, 3.63) is 24.0 Å². The molecule has 0 fully saturated rings. The van der Waals surface area contributed by atoms with E-state index >= 15 is 0 Å². The molecule has 1 heterocycles. The van der Waals surface area contributed by atoms with Crippen LogP contribution in [0.1, 0.15) is 38.3 Å². The van der Waals surface area contributed by atoms with Crippen LogP contribution in [0.2, 0.25) is 0 Å². The van der Waals surface area contributed by atoms with E-state index in [1.807, 2.05) is 30.1 Å². The predicted molar refractivity (Wildman–Crippen MR) is 66.4 cm³/mol. The molecule has 0 bridgehead atoms. The molecule has 2 nitrogen and oxygen atoms in total. The van der Waals surface area contributed by atoms with Gasteiger partial charge in [-0.15, -0.1) is 0 Å². The molecule has 1 aromatic heterocycles. The van der Waals surface area contributed by atoms with E-state index in [0.29, 0.717) is 12.5 Å². The van der Waals surface area contributed by atoms with Gasteiger partial charge in [0.15, 0.2) is 0 Å². The van der Waals surface area contributed by atoms with Crippen molar-refractivity contribution in [1.29, 1.82) is 0 Å². The highest BCUT2D eigenvalue weighted by Crippen LogP contribution is 2.23. The number of halogens is 3. The Bertz CT molecular complexity index is 355. The Hall–Kier alpha value is -0.970. The number of rotatable bonds is 6. The first-order valence-corrected chi connectivity index (χ1v) is 6.23. The van der Waals surface area contributed by atoms with E-state index < -0.39 is 12.6 Å². The fourth-order valence-corrected chi connectivity index (χ4v) is 2.13. The Kier molecular flexibility index (Phi) is 5.26. The number of hydrogen-bond donors (Lipinski definition) is 1. The van der Waals surface area contributed by atoms with Gasteiger partial charge in [0.25, 0.3) is 0 Å². The van der Waals surface area contributed by atoms with Gasteiger partial charge in [0.05, 0.1) is 0 Å². The summed E-state index contributed by atoms with van der Waals surface area (Å²) >= 11 is 0. The fourth-order valence-electron chi connectivity index (χ4n) is 2.13. The summed E-state index contributed by atoms with van der Waals surface area (Å²) in [5.74, 6) is 0.445. The van der Waals surface area contributed by atoms with Gasteiger partial charge < -0.3 is 9.88 Å². The van der Waals surface area contributed by atoms with Crippen molar-refractivity contribution in [2.24, 2.45) is 5.92 Å². The zero-order chi connectivity index (χ0) is 13.8. The summed E-state index contributed by atoms with van der Waals surface area (Å²) in [4.78, 5) is 0. The highest BCUT2D eigenvalue weighted by Gasteiger charge is 2.26. The van der Waals surface area contributed by atoms with E-state index in [4.69, 9.17) is 0 Å². The monoisotopic (exact) mass is 262 g/mol. The van der Waals surface area contributed by atoms with Crippen LogP contribution in [0.3, 0.4) is 0 Å². The second-order valence-corrected chi connectivity index (χ2v) is 4.91. The van der Waals surface area contributed by atoms with Crippen LogP contribution in [0.5, 0.6) is 0 Å². The summed E-state index contributed by atoms with van der Waals surface area (Å²) in [6.07, 6.45) is -0.874. The smallest absolute Gasteiger partial charge is 0.354 e. The third-order valence-electron chi connectivity index (χ3n) is 2.99. The Morgan fingerprint density at radius 3 is 2.50 bits per heavy atom. The standard InChI is InChI=1S/C13H21F3N2/c1-10(2)12(17-3)11-5-8-18(9-11)7-4-6-13(14,15)16/h5,8-10,12,17H,4,6-7H2,1-3H3. The molecule has 1 unspecified atom stereocenters. The van der Waals surface area contributed by atoms with Crippen LogP contribution < -0.4 is 5.32 Å². The fraction of sp³-hybridized carbons (Fsp3) is 0.692. The van der Waals surface area contributed by atoms with Crippen molar-refractivity contribution in [2.75, 3.05) is 7.05 Å². The lowest BCUT2D eigenvalue weighted by Gasteiger charge is -2.18. The number of nitrogens with one attached hydrogen (secondary N) is 1. The molecule has 0 aliphatic rings. The van der Waals surface area contributed by atoms with Gasteiger partial charge in [-0.1, -0.05) is 13.8 Å². The van der Waals surface area contributed by atoms with E-state index in [9.17, 15) is 13.2 Å². The molecule has 0 aliphatic carbocycles. The summed E-state index contributed by atoms with van der Waals surface area (Å²) in [6, 6.07) is 2.21. The summed E-state index contributed by atoms with van der Waals surface area (Å²) in [5, 5.41) is 3.22. The lowest BCUT2D eigenvalue weighted by Crippen LogP contribution is -2.21. The Labute approximate surface area is 106 Å². The largest absolute Gasteiger partial charge is 0.389 e. The van der Waals surface area contributed by atoms with E-state index in [0.717, 1.165) is 5.56 Å². The zero-order valence-corrected chi connectivity index (χ0v) is 11.1. The molecule has 0 saturated heterocycles. The van der Waals surface area contributed by atoms with Crippen molar-refractivity contribution >= 4 is 0 Å².